The minimum Gasteiger partial charge on any atom is -0.491 e. The van der Waals surface area contributed by atoms with Gasteiger partial charge in [0, 0.05) is 13.0 Å². The topological polar surface area (TPSA) is 158 Å². The molecule has 0 radical (unpaired) electrons. The van der Waals surface area contributed by atoms with Crippen molar-refractivity contribution in [1.82, 2.24) is 20.5 Å². The maximum absolute atomic E-state index is 14.0. The molecular weight excluding hydrogens is 735 g/mol. The van der Waals surface area contributed by atoms with Crippen molar-refractivity contribution in [3.63, 3.8) is 0 Å². The van der Waals surface area contributed by atoms with Crippen LogP contribution in [0.4, 0.5) is 0 Å². The first kappa shape index (κ1) is 43.3. The van der Waals surface area contributed by atoms with Crippen molar-refractivity contribution in [2.45, 2.75) is 104 Å². The Morgan fingerprint density at radius 2 is 1.59 bits per heavy atom. The molecule has 0 bridgehead atoms. The Bertz CT molecular complexity index is 1780. The second kappa shape index (κ2) is 18.2. The molecule has 3 amide bonds. The van der Waals surface area contributed by atoms with Crippen LogP contribution in [-0.2, 0) is 33.2 Å². The second-order valence-corrected chi connectivity index (χ2v) is 17.4. The van der Waals surface area contributed by atoms with Crippen molar-refractivity contribution in [3.05, 3.63) is 65.3 Å². The van der Waals surface area contributed by atoms with Crippen LogP contribution in [0.15, 0.2) is 54.0 Å². The minimum atomic E-state index is -0.960. The lowest BCUT2D eigenvalue weighted by molar-refractivity contribution is -0.144. The van der Waals surface area contributed by atoms with Gasteiger partial charge in [-0.05, 0) is 75.7 Å². The van der Waals surface area contributed by atoms with Gasteiger partial charge in [-0.2, -0.15) is 0 Å². The highest BCUT2D eigenvalue weighted by molar-refractivity contribution is 7.13. The Balaban J connectivity index is 1.03. The van der Waals surface area contributed by atoms with Gasteiger partial charge in [0.2, 0.25) is 17.7 Å². The predicted octanol–water partition coefficient (Wildman–Crippen LogP) is 4.20. The summed E-state index contributed by atoms with van der Waals surface area (Å²) in [5.74, 6) is -0.588. The molecule has 1 unspecified atom stereocenters. The molecule has 2 saturated heterocycles. The van der Waals surface area contributed by atoms with Gasteiger partial charge >= 0.3 is 7.12 Å². The molecule has 0 aliphatic carbocycles. The molecule has 2 fully saturated rings. The SMILES string of the molecule is Cc1ncsc1-c1ccc([C@H](C)NC(=O)C2C[C@H](O)CN2C(=O)[C@@H](NC(=O)COCCOCCOc2ccc(B3OC(C)(C)C(C)(C)O3)cc2)C(C)(C)C)cc1. The smallest absolute Gasteiger partial charge is 0.491 e. The average molecular weight is 793 g/mol. The molecular formula is C41H57BN4O9S. The van der Waals surface area contributed by atoms with E-state index in [9.17, 15) is 19.5 Å². The Morgan fingerprint density at radius 1 is 0.964 bits per heavy atom. The summed E-state index contributed by atoms with van der Waals surface area (Å²) >= 11 is 1.58. The van der Waals surface area contributed by atoms with Crippen LogP contribution in [0.3, 0.4) is 0 Å². The van der Waals surface area contributed by atoms with Gasteiger partial charge in [0.15, 0.2) is 0 Å². The van der Waals surface area contributed by atoms with Gasteiger partial charge in [0.25, 0.3) is 0 Å². The Labute approximate surface area is 334 Å². The summed E-state index contributed by atoms with van der Waals surface area (Å²) in [5, 5.41) is 16.4. The summed E-state index contributed by atoms with van der Waals surface area (Å²) in [6, 6.07) is 13.3. The van der Waals surface area contributed by atoms with E-state index in [1.54, 1.807) is 11.3 Å². The maximum atomic E-state index is 14.0. The molecule has 5 rings (SSSR count). The number of likely N-dealkylation sites (tertiary alicyclic amines) is 1. The van der Waals surface area contributed by atoms with Crippen molar-refractivity contribution in [2.24, 2.45) is 5.41 Å². The molecule has 3 heterocycles. The van der Waals surface area contributed by atoms with Crippen molar-refractivity contribution < 1.29 is 43.0 Å². The molecule has 2 aliphatic heterocycles. The van der Waals surface area contributed by atoms with E-state index in [0.717, 1.165) is 27.2 Å². The first-order valence-corrected chi connectivity index (χ1v) is 20.1. The summed E-state index contributed by atoms with van der Waals surface area (Å²) in [6.45, 7) is 18.2. The van der Waals surface area contributed by atoms with E-state index in [2.05, 4.69) is 15.6 Å². The third-order valence-electron chi connectivity index (χ3n) is 10.6. The molecule has 3 N–H and O–H groups in total. The molecule has 13 nitrogen and oxygen atoms in total. The number of aryl methyl sites for hydroxylation is 1. The summed E-state index contributed by atoms with van der Waals surface area (Å²) in [5.41, 5.74) is 4.14. The lowest BCUT2D eigenvalue weighted by atomic mass is 9.79. The van der Waals surface area contributed by atoms with Crippen LogP contribution in [0.2, 0.25) is 0 Å². The van der Waals surface area contributed by atoms with Crippen LogP contribution >= 0.6 is 11.3 Å². The molecule has 1 aromatic heterocycles. The monoisotopic (exact) mass is 792 g/mol. The first-order valence-electron chi connectivity index (χ1n) is 19.2. The fraction of sp³-hybridized carbons (Fsp3) is 0.561. The van der Waals surface area contributed by atoms with Crippen LogP contribution in [0.25, 0.3) is 10.4 Å². The van der Waals surface area contributed by atoms with E-state index in [4.69, 9.17) is 23.5 Å². The Morgan fingerprint density at radius 3 is 2.20 bits per heavy atom. The van der Waals surface area contributed by atoms with Crippen molar-refractivity contribution in [2.75, 3.05) is 39.6 Å². The number of thiazole rings is 1. The van der Waals surface area contributed by atoms with E-state index in [-0.39, 0.29) is 44.7 Å². The number of rotatable bonds is 16. The number of hydrogen-bond donors (Lipinski definition) is 3. The molecule has 0 saturated carbocycles. The van der Waals surface area contributed by atoms with Gasteiger partial charge in [0.1, 0.15) is 31.0 Å². The fourth-order valence-electron chi connectivity index (χ4n) is 6.52. The standard InChI is InChI=1S/C41H57BN4O9S/c1-26(28-10-12-29(13-11-28)35-27(2)43-25-56-35)44-37(49)33-22-31(47)23-46(33)38(50)36(39(3,4)5)45-34(48)24-52-19-18-51-20-21-53-32-16-14-30(15-17-32)42-54-40(6,7)41(8,9)55-42/h10-17,25-26,31,33,36,47H,18-24H2,1-9H3,(H,44,49)(H,45,48)/t26-,31-,33?,36+/m0/s1. The molecule has 15 heteroatoms. The maximum Gasteiger partial charge on any atom is 0.494 e. The largest absolute Gasteiger partial charge is 0.494 e. The van der Waals surface area contributed by atoms with Crippen LogP contribution in [-0.4, -0.2) is 109 Å². The third-order valence-corrected chi connectivity index (χ3v) is 11.5. The fourth-order valence-corrected chi connectivity index (χ4v) is 7.33. The molecule has 2 aromatic carbocycles. The normalized spacial score (nSPS) is 20.1. The zero-order valence-corrected chi connectivity index (χ0v) is 34.9. The number of aromatic nitrogens is 1. The number of ether oxygens (including phenoxy) is 3. The molecule has 4 atom stereocenters. The first-order chi connectivity index (χ1) is 26.4. The highest BCUT2D eigenvalue weighted by Gasteiger charge is 2.51. The van der Waals surface area contributed by atoms with Crippen LogP contribution in [0.5, 0.6) is 5.75 Å². The van der Waals surface area contributed by atoms with E-state index in [0.29, 0.717) is 19.0 Å². The quantitative estimate of drug-likeness (QED) is 0.142. The Hall–Kier alpha value is -3.86. The Kier molecular flexibility index (Phi) is 14.0. The molecule has 304 valence electrons. The number of benzene rings is 2. The van der Waals surface area contributed by atoms with Crippen molar-refractivity contribution in [3.8, 4) is 16.2 Å². The molecule has 56 heavy (non-hydrogen) atoms. The van der Waals surface area contributed by atoms with Gasteiger partial charge in [0.05, 0.1) is 59.3 Å². The summed E-state index contributed by atoms with van der Waals surface area (Å²) in [4.78, 5) is 47.3. The summed E-state index contributed by atoms with van der Waals surface area (Å²) in [6.07, 6.45) is -0.772. The van der Waals surface area contributed by atoms with Gasteiger partial charge in [-0.1, -0.05) is 57.2 Å². The van der Waals surface area contributed by atoms with Crippen LogP contribution in [0, 0.1) is 12.3 Å². The lowest BCUT2D eigenvalue weighted by Crippen LogP contribution is -2.58. The summed E-state index contributed by atoms with van der Waals surface area (Å²) in [7, 11) is -0.437. The van der Waals surface area contributed by atoms with E-state index in [1.165, 1.54) is 4.90 Å². The number of hydrogen-bond acceptors (Lipinski definition) is 11. The highest BCUT2D eigenvalue weighted by atomic mass is 32.1. The molecule has 0 spiro atoms. The number of carbonyl (C=O) groups excluding carboxylic acids is 3. The van der Waals surface area contributed by atoms with E-state index in [1.807, 2.05) is 116 Å². The second-order valence-electron chi connectivity index (χ2n) is 16.6. The van der Waals surface area contributed by atoms with Gasteiger partial charge < -0.3 is 44.2 Å². The average Bonchev–Trinajstić information content (AvgIpc) is 3.81. The van der Waals surface area contributed by atoms with Crippen molar-refractivity contribution >= 4 is 41.6 Å². The third kappa shape index (κ3) is 10.7. The number of nitrogens with one attached hydrogen (secondary N) is 2. The number of aliphatic hydroxyl groups excluding tert-OH is 1. The van der Waals surface area contributed by atoms with Gasteiger partial charge in [-0.3, -0.25) is 14.4 Å². The number of nitrogens with zero attached hydrogens (tertiary/aromatic N) is 2. The van der Waals surface area contributed by atoms with E-state index < -0.39 is 53.7 Å². The zero-order valence-electron chi connectivity index (χ0n) is 34.0. The minimum absolute atomic E-state index is 0.0130. The molecule has 2 aliphatic rings. The molecule has 3 aromatic rings. The lowest BCUT2D eigenvalue weighted by Gasteiger charge is -2.35. The summed E-state index contributed by atoms with van der Waals surface area (Å²) < 4.78 is 29.1. The zero-order chi connectivity index (χ0) is 40.8. The predicted molar refractivity (Wildman–Crippen MR) is 216 cm³/mol. The number of β-amino-alcohol motifs (C(OH)–C–C–N with tert-alkyl or cyclic N) is 1. The van der Waals surface area contributed by atoms with Gasteiger partial charge in [-0.25, -0.2) is 4.98 Å². The van der Waals surface area contributed by atoms with Crippen LogP contribution in [0.1, 0.15) is 79.1 Å². The van der Waals surface area contributed by atoms with Crippen LogP contribution < -0.4 is 20.8 Å². The highest BCUT2D eigenvalue weighted by Crippen LogP contribution is 2.36. The number of aliphatic hydroxyl groups is 1. The van der Waals surface area contributed by atoms with E-state index >= 15 is 0 Å². The van der Waals surface area contributed by atoms with Gasteiger partial charge in [-0.15, -0.1) is 11.3 Å². The van der Waals surface area contributed by atoms with Crippen molar-refractivity contribution in [1.29, 1.82) is 0 Å². The number of carbonyl (C=O) groups is 3. The number of amides is 3.